The van der Waals surface area contributed by atoms with Gasteiger partial charge in [-0.05, 0) is 42.9 Å². The van der Waals surface area contributed by atoms with Crippen LogP contribution in [0.2, 0.25) is 0 Å². The lowest BCUT2D eigenvalue weighted by atomic mass is 10.0. The van der Waals surface area contributed by atoms with Crippen LogP contribution in [0, 0.1) is 11.7 Å². The lowest BCUT2D eigenvalue weighted by Gasteiger charge is -2.11. The van der Waals surface area contributed by atoms with Crippen molar-refractivity contribution < 1.29 is 9.13 Å². The molecule has 1 aromatic carbocycles. The molecule has 1 saturated carbocycles. The van der Waals surface area contributed by atoms with Gasteiger partial charge in [0, 0.05) is 6.04 Å². The largest absolute Gasteiger partial charge is 0.494 e. The van der Waals surface area contributed by atoms with Crippen molar-refractivity contribution in [2.24, 2.45) is 11.7 Å². The maximum atomic E-state index is 13.1. The van der Waals surface area contributed by atoms with Crippen LogP contribution in [0.4, 0.5) is 4.39 Å². The van der Waals surface area contributed by atoms with Crippen LogP contribution in [0.3, 0.4) is 0 Å². The number of hydrogen-bond acceptors (Lipinski definition) is 2. The third kappa shape index (κ3) is 2.48. The van der Waals surface area contributed by atoms with E-state index in [-0.39, 0.29) is 11.9 Å². The second-order valence-corrected chi connectivity index (χ2v) is 4.17. The van der Waals surface area contributed by atoms with E-state index in [4.69, 9.17) is 10.5 Å². The molecule has 1 aliphatic rings. The van der Waals surface area contributed by atoms with Gasteiger partial charge in [-0.15, -0.1) is 0 Å². The molecule has 1 aromatic rings. The average Bonchev–Trinajstić information content (AvgIpc) is 3.04. The molecule has 0 amide bonds. The van der Waals surface area contributed by atoms with Crippen LogP contribution in [0.15, 0.2) is 18.2 Å². The lowest BCUT2D eigenvalue weighted by Crippen LogP contribution is -2.25. The van der Waals surface area contributed by atoms with Gasteiger partial charge in [0.1, 0.15) is 0 Å². The zero-order valence-electron chi connectivity index (χ0n) is 8.87. The van der Waals surface area contributed by atoms with E-state index in [0.29, 0.717) is 11.7 Å². The van der Waals surface area contributed by atoms with Crippen molar-refractivity contribution in [2.45, 2.75) is 25.3 Å². The predicted molar refractivity (Wildman–Crippen MR) is 57.4 cm³/mol. The number of benzene rings is 1. The molecule has 1 fully saturated rings. The minimum Gasteiger partial charge on any atom is -0.494 e. The Labute approximate surface area is 89.2 Å². The highest BCUT2D eigenvalue weighted by atomic mass is 19.1. The fourth-order valence-corrected chi connectivity index (χ4v) is 1.79. The van der Waals surface area contributed by atoms with E-state index in [1.54, 1.807) is 12.1 Å². The summed E-state index contributed by atoms with van der Waals surface area (Å²) in [5, 5.41) is 0. The summed E-state index contributed by atoms with van der Waals surface area (Å²) < 4.78 is 18.0. The Hall–Kier alpha value is -1.09. The summed E-state index contributed by atoms with van der Waals surface area (Å²) >= 11 is 0. The molecule has 0 aliphatic heterocycles. The molecule has 0 heterocycles. The number of rotatable bonds is 4. The summed E-state index contributed by atoms with van der Waals surface area (Å²) in [4.78, 5) is 0. The smallest absolute Gasteiger partial charge is 0.165 e. The fourth-order valence-electron chi connectivity index (χ4n) is 1.79. The standard InChI is InChI=1S/C12H16FNO/c1-15-12-7-8(2-5-10(12)13)6-11(14)9-3-4-9/h2,5,7,9,11H,3-4,6,14H2,1H3. The van der Waals surface area contributed by atoms with Crippen molar-refractivity contribution in [3.8, 4) is 5.75 Å². The number of methoxy groups -OCH3 is 1. The number of hydrogen-bond donors (Lipinski definition) is 1. The Balaban J connectivity index is 2.07. The van der Waals surface area contributed by atoms with Crippen molar-refractivity contribution in [1.29, 1.82) is 0 Å². The number of nitrogens with two attached hydrogens (primary N) is 1. The first kappa shape index (κ1) is 10.4. The second-order valence-electron chi connectivity index (χ2n) is 4.17. The zero-order chi connectivity index (χ0) is 10.8. The summed E-state index contributed by atoms with van der Waals surface area (Å²) in [6.45, 7) is 0. The molecule has 2 rings (SSSR count). The Morgan fingerprint density at radius 2 is 2.27 bits per heavy atom. The first-order chi connectivity index (χ1) is 7.20. The van der Waals surface area contributed by atoms with Crippen molar-refractivity contribution in [1.82, 2.24) is 0 Å². The SMILES string of the molecule is COc1cc(CC(N)C2CC2)ccc1F. The Morgan fingerprint density at radius 3 is 2.87 bits per heavy atom. The molecule has 1 aliphatic carbocycles. The summed E-state index contributed by atoms with van der Waals surface area (Å²) in [6.07, 6.45) is 3.28. The van der Waals surface area contributed by atoms with E-state index in [2.05, 4.69) is 0 Å². The van der Waals surface area contributed by atoms with Gasteiger partial charge in [-0.1, -0.05) is 6.07 Å². The van der Waals surface area contributed by atoms with Crippen LogP contribution in [0.25, 0.3) is 0 Å². The molecule has 0 saturated heterocycles. The Bertz CT molecular complexity index is 349. The van der Waals surface area contributed by atoms with Crippen LogP contribution in [-0.4, -0.2) is 13.2 Å². The van der Waals surface area contributed by atoms with Gasteiger partial charge in [-0.3, -0.25) is 0 Å². The Kier molecular flexibility index (Phi) is 2.91. The topological polar surface area (TPSA) is 35.2 Å². The number of halogens is 1. The molecule has 0 spiro atoms. The number of ether oxygens (including phenoxy) is 1. The maximum Gasteiger partial charge on any atom is 0.165 e. The minimum atomic E-state index is -0.318. The molecule has 0 bridgehead atoms. The summed E-state index contributed by atoms with van der Waals surface area (Å²) in [7, 11) is 1.48. The van der Waals surface area contributed by atoms with Crippen LogP contribution in [-0.2, 0) is 6.42 Å². The molecule has 15 heavy (non-hydrogen) atoms. The molecule has 1 atom stereocenters. The summed E-state index contributed by atoms with van der Waals surface area (Å²) in [5.41, 5.74) is 7.05. The fraction of sp³-hybridized carbons (Fsp3) is 0.500. The highest BCUT2D eigenvalue weighted by Crippen LogP contribution is 2.33. The highest BCUT2D eigenvalue weighted by Gasteiger charge is 2.28. The van der Waals surface area contributed by atoms with Crippen LogP contribution < -0.4 is 10.5 Å². The van der Waals surface area contributed by atoms with Gasteiger partial charge in [0.25, 0.3) is 0 Å². The van der Waals surface area contributed by atoms with Gasteiger partial charge in [-0.2, -0.15) is 0 Å². The lowest BCUT2D eigenvalue weighted by molar-refractivity contribution is 0.385. The maximum absolute atomic E-state index is 13.1. The molecular formula is C12H16FNO. The van der Waals surface area contributed by atoms with Crippen molar-refractivity contribution in [3.63, 3.8) is 0 Å². The minimum absolute atomic E-state index is 0.208. The van der Waals surface area contributed by atoms with E-state index in [1.165, 1.54) is 26.0 Å². The Morgan fingerprint density at radius 1 is 1.53 bits per heavy atom. The van der Waals surface area contributed by atoms with Crippen molar-refractivity contribution in [2.75, 3.05) is 7.11 Å². The monoisotopic (exact) mass is 209 g/mol. The molecule has 2 N–H and O–H groups in total. The van der Waals surface area contributed by atoms with Gasteiger partial charge < -0.3 is 10.5 Å². The quantitative estimate of drug-likeness (QED) is 0.824. The van der Waals surface area contributed by atoms with Gasteiger partial charge >= 0.3 is 0 Å². The normalized spacial score (nSPS) is 17.5. The average molecular weight is 209 g/mol. The van der Waals surface area contributed by atoms with E-state index in [9.17, 15) is 4.39 Å². The third-order valence-corrected chi connectivity index (χ3v) is 2.91. The molecule has 2 nitrogen and oxygen atoms in total. The van der Waals surface area contributed by atoms with E-state index < -0.39 is 0 Å². The van der Waals surface area contributed by atoms with E-state index >= 15 is 0 Å². The summed E-state index contributed by atoms with van der Waals surface area (Å²) in [5.74, 6) is 0.651. The highest BCUT2D eigenvalue weighted by molar-refractivity contribution is 5.30. The molecular weight excluding hydrogens is 193 g/mol. The zero-order valence-corrected chi connectivity index (χ0v) is 8.87. The van der Waals surface area contributed by atoms with Gasteiger partial charge in [0.2, 0.25) is 0 Å². The summed E-state index contributed by atoms with van der Waals surface area (Å²) in [6, 6.07) is 5.16. The predicted octanol–water partition coefficient (Wildman–Crippen LogP) is 2.11. The van der Waals surface area contributed by atoms with Crippen LogP contribution in [0.5, 0.6) is 5.75 Å². The molecule has 3 heteroatoms. The van der Waals surface area contributed by atoms with Gasteiger partial charge in [-0.25, -0.2) is 4.39 Å². The van der Waals surface area contributed by atoms with Crippen molar-refractivity contribution >= 4 is 0 Å². The van der Waals surface area contributed by atoms with Gasteiger partial charge in [0.05, 0.1) is 7.11 Å². The molecule has 1 unspecified atom stereocenters. The second kappa shape index (κ2) is 4.19. The van der Waals surface area contributed by atoms with Crippen molar-refractivity contribution in [3.05, 3.63) is 29.6 Å². The molecule has 0 radical (unpaired) electrons. The third-order valence-electron chi connectivity index (χ3n) is 2.91. The van der Waals surface area contributed by atoms with Crippen LogP contribution >= 0.6 is 0 Å². The molecule has 82 valence electrons. The van der Waals surface area contributed by atoms with E-state index in [1.807, 2.05) is 0 Å². The first-order valence-electron chi connectivity index (χ1n) is 5.28. The first-order valence-corrected chi connectivity index (χ1v) is 5.28. The van der Waals surface area contributed by atoms with E-state index in [0.717, 1.165) is 12.0 Å². The van der Waals surface area contributed by atoms with Crippen LogP contribution in [0.1, 0.15) is 18.4 Å². The molecule has 0 aromatic heterocycles. The van der Waals surface area contributed by atoms with Gasteiger partial charge in [0.15, 0.2) is 11.6 Å².